The summed E-state index contributed by atoms with van der Waals surface area (Å²) in [5, 5.41) is 9.12. The Morgan fingerprint density at radius 3 is 2.92 bits per heavy atom. The van der Waals surface area contributed by atoms with Gasteiger partial charge in [-0.15, -0.1) is 0 Å². The second-order valence-electron chi connectivity index (χ2n) is 3.04. The van der Waals surface area contributed by atoms with Crippen molar-refractivity contribution in [2.75, 3.05) is 0 Å². The third-order valence-corrected chi connectivity index (χ3v) is 1.93. The molecular formula is C9H14N2O2. The number of rotatable bonds is 3. The molecule has 13 heavy (non-hydrogen) atoms. The molecular weight excluding hydrogens is 168 g/mol. The molecule has 0 aliphatic heterocycles. The zero-order valence-corrected chi connectivity index (χ0v) is 7.58. The van der Waals surface area contributed by atoms with Crippen molar-refractivity contribution < 1.29 is 5.11 Å². The fraction of sp³-hybridized carbons (Fsp3) is 0.444. The molecule has 0 fully saturated rings. The van der Waals surface area contributed by atoms with E-state index in [9.17, 15) is 4.79 Å². The highest BCUT2D eigenvalue weighted by atomic mass is 16.3. The van der Waals surface area contributed by atoms with Crippen LogP contribution in [0.25, 0.3) is 0 Å². The number of nitrogens with one attached hydrogen (secondary N) is 1. The molecule has 0 aromatic carbocycles. The third kappa shape index (κ3) is 2.32. The molecule has 0 radical (unpaired) electrons. The van der Waals surface area contributed by atoms with Crippen molar-refractivity contribution in [3.8, 4) is 5.75 Å². The average molecular weight is 182 g/mol. The van der Waals surface area contributed by atoms with E-state index in [0.717, 1.165) is 18.4 Å². The van der Waals surface area contributed by atoms with E-state index in [1.165, 1.54) is 6.07 Å². The molecule has 4 N–H and O–H groups in total. The van der Waals surface area contributed by atoms with Crippen molar-refractivity contribution in [1.82, 2.24) is 4.98 Å². The van der Waals surface area contributed by atoms with Gasteiger partial charge in [0.1, 0.15) is 0 Å². The van der Waals surface area contributed by atoms with E-state index in [4.69, 9.17) is 10.8 Å². The maximum atomic E-state index is 10.8. The predicted octanol–water partition coefficient (Wildman–Crippen LogP) is 0.880. The van der Waals surface area contributed by atoms with Gasteiger partial charge in [0, 0.05) is 12.2 Å². The van der Waals surface area contributed by atoms with Crippen molar-refractivity contribution >= 4 is 0 Å². The van der Waals surface area contributed by atoms with Crippen LogP contribution >= 0.6 is 0 Å². The van der Waals surface area contributed by atoms with Gasteiger partial charge in [-0.2, -0.15) is 0 Å². The number of aromatic amines is 1. The molecule has 0 aliphatic rings. The molecule has 1 atom stereocenters. The summed E-state index contributed by atoms with van der Waals surface area (Å²) < 4.78 is 0. The number of hydrogen-bond acceptors (Lipinski definition) is 3. The highest BCUT2D eigenvalue weighted by Crippen LogP contribution is 2.15. The van der Waals surface area contributed by atoms with Gasteiger partial charge in [0.15, 0.2) is 5.75 Å². The average Bonchev–Trinajstić information content (AvgIpc) is 2.10. The van der Waals surface area contributed by atoms with Crippen LogP contribution in [-0.4, -0.2) is 10.1 Å². The Bertz CT molecular complexity index is 333. The van der Waals surface area contributed by atoms with Gasteiger partial charge < -0.3 is 15.8 Å². The van der Waals surface area contributed by atoms with Crippen LogP contribution < -0.4 is 11.3 Å². The summed E-state index contributed by atoms with van der Waals surface area (Å²) in [6.07, 6.45) is 3.36. The smallest absolute Gasteiger partial charge is 0.290 e. The molecule has 1 rings (SSSR count). The molecule has 0 bridgehead atoms. The quantitative estimate of drug-likeness (QED) is 0.649. The van der Waals surface area contributed by atoms with Gasteiger partial charge in [0.05, 0.1) is 0 Å². The molecule has 0 aliphatic carbocycles. The normalized spacial score (nSPS) is 12.8. The van der Waals surface area contributed by atoms with Crippen molar-refractivity contribution in [3.05, 3.63) is 28.2 Å². The SMILES string of the molecule is CCCC(N)c1c[nH]c(=O)c(O)c1. The Morgan fingerprint density at radius 2 is 2.38 bits per heavy atom. The van der Waals surface area contributed by atoms with Crippen LogP contribution in [0.15, 0.2) is 17.1 Å². The maximum absolute atomic E-state index is 10.8. The summed E-state index contributed by atoms with van der Waals surface area (Å²) in [7, 11) is 0. The summed E-state index contributed by atoms with van der Waals surface area (Å²) in [5.74, 6) is -0.274. The van der Waals surface area contributed by atoms with Gasteiger partial charge in [-0.3, -0.25) is 4.79 Å². The van der Waals surface area contributed by atoms with Crippen molar-refractivity contribution in [3.63, 3.8) is 0 Å². The minimum Gasteiger partial charge on any atom is -0.503 e. The zero-order valence-electron chi connectivity index (χ0n) is 7.58. The van der Waals surface area contributed by atoms with Gasteiger partial charge in [-0.1, -0.05) is 13.3 Å². The standard InChI is InChI=1S/C9H14N2O2/c1-2-3-7(10)6-4-8(12)9(13)11-5-6/h4-5,7,12H,2-3,10H2,1H3,(H,11,13). The Labute approximate surface area is 76.4 Å². The van der Waals surface area contributed by atoms with E-state index >= 15 is 0 Å². The number of aromatic hydroxyl groups is 1. The summed E-state index contributed by atoms with van der Waals surface area (Å²) in [5.41, 5.74) is 6.08. The zero-order chi connectivity index (χ0) is 9.84. The van der Waals surface area contributed by atoms with Gasteiger partial charge in [0.25, 0.3) is 5.56 Å². The van der Waals surface area contributed by atoms with Gasteiger partial charge in [0.2, 0.25) is 0 Å². The monoisotopic (exact) mass is 182 g/mol. The highest BCUT2D eigenvalue weighted by Gasteiger charge is 2.06. The first-order chi connectivity index (χ1) is 6.15. The van der Waals surface area contributed by atoms with Crippen LogP contribution in [0.5, 0.6) is 5.75 Å². The van der Waals surface area contributed by atoms with Crippen LogP contribution in [0.3, 0.4) is 0 Å². The van der Waals surface area contributed by atoms with Crippen molar-refractivity contribution in [1.29, 1.82) is 0 Å². The largest absolute Gasteiger partial charge is 0.503 e. The second-order valence-corrected chi connectivity index (χ2v) is 3.04. The first-order valence-electron chi connectivity index (χ1n) is 4.32. The van der Waals surface area contributed by atoms with E-state index in [-0.39, 0.29) is 11.8 Å². The van der Waals surface area contributed by atoms with E-state index in [2.05, 4.69) is 4.98 Å². The van der Waals surface area contributed by atoms with Gasteiger partial charge >= 0.3 is 0 Å². The van der Waals surface area contributed by atoms with Crippen molar-refractivity contribution in [2.45, 2.75) is 25.8 Å². The lowest BCUT2D eigenvalue weighted by molar-refractivity contribution is 0.464. The summed E-state index contributed by atoms with van der Waals surface area (Å²) in [6.45, 7) is 2.03. The molecule has 0 spiro atoms. The highest BCUT2D eigenvalue weighted by molar-refractivity contribution is 5.24. The van der Waals surface area contributed by atoms with Crippen LogP contribution in [0.2, 0.25) is 0 Å². The molecule has 4 nitrogen and oxygen atoms in total. The van der Waals surface area contributed by atoms with Crippen LogP contribution in [0.4, 0.5) is 0 Å². The molecule has 1 heterocycles. The van der Waals surface area contributed by atoms with E-state index in [1.54, 1.807) is 6.20 Å². The van der Waals surface area contributed by atoms with E-state index < -0.39 is 5.56 Å². The molecule has 0 saturated heterocycles. The predicted molar refractivity (Wildman–Crippen MR) is 50.6 cm³/mol. The Morgan fingerprint density at radius 1 is 1.69 bits per heavy atom. The minimum atomic E-state index is -0.479. The molecule has 1 unspecified atom stereocenters. The number of H-pyrrole nitrogens is 1. The molecule has 0 amide bonds. The fourth-order valence-corrected chi connectivity index (χ4v) is 1.18. The molecule has 1 aromatic rings. The Hall–Kier alpha value is -1.29. The van der Waals surface area contributed by atoms with Crippen LogP contribution in [-0.2, 0) is 0 Å². The van der Waals surface area contributed by atoms with E-state index in [0.29, 0.717) is 0 Å². The lowest BCUT2D eigenvalue weighted by Gasteiger charge is -2.09. The first kappa shape index (κ1) is 9.80. The lowest BCUT2D eigenvalue weighted by Crippen LogP contribution is -2.13. The summed E-state index contributed by atoms with van der Waals surface area (Å²) >= 11 is 0. The van der Waals surface area contributed by atoms with Gasteiger partial charge in [-0.05, 0) is 18.1 Å². The maximum Gasteiger partial charge on any atom is 0.290 e. The number of pyridine rings is 1. The molecule has 4 heteroatoms. The third-order valence-electron chi connectivity index (χ3n) is 1.93. The number of nitrogens with two attached hydrogens (primary N) is 1. The lowest BCUT2D eigenvalue weighted by atomic mass is 10.1. The van der Waals surface area contributed by atoms with Crippen LogP contribution in [0, 0.1) is 0 Å². The topological polar surface area (TPSA) is 79.1 Å². The van der Waals surface area contributed by atoms with E-state index in [1.807, 2.05) is 6.92 Å². The summed E-state index contributed by atoms with van der Waals surface area (Å²) in [4.78, 5) is 13.2. The first-order valence-corrected chi connectivity index (χ1v) is 4.32. The van der Waals surface area contributed by atoms with Crippen molar-refractivity contribution in [2.24, 2.45) is 5.73 Å². The molecule has 0 saturated carbocycles. The molecule has 1 aromatic heterocycles. The molecule has 72 valence electrons. The fourth-order valence-electron chi connectivity index (χ4n) is 1.18. The number of aromatic nitrogens is 1. The Balaban J connectivity index is 2.90. The van der Waals surface area contributed by atoms with Gasteiger partial charge in [-0.25, -0.2) is 0 Å². The number of hydrogen-bond donors (Lipinski definition) is 3. The second kappa shape index (κ2) is 4.09. The minimum absolute atomic E-state index is 0.118. The summed E-state index contributed by atoms with van der Waals surface area (Å²) in [6, 6.07) is 1.30. The van der Waals surface area contributed by atoms with Crippen LogP contribution in [0.1, 0.15) is 31.4 Å². The Kier molecular flexibility index (Phi) is 3.08.